The summed E-state index contributed by atoms with van der Waals surface area (Å²) in [5.41, 5.74) is 0.0157. The summed E-state index contributed by atoms with van der Waals surface area (Å²) in [5, 5.41) is 0. The number of carbonyl (C=O) groups is 2. The fourth-order valence-corrected chi connectivity index (χ4v) is 4.66. The number of rotatable bonds is 2. The monoisotopic (exact) mass is 266 g/mol. The van der Waals surface area contributed by atoms with Crippen molar-refractivity contribution in [3.63, 3.8) is 0 Å². The number of fused-ring (bicyclic) bond motifs is 1. The van der Waals surface area contributed by atoms with Gasteiger partial charge >= 0.3 is 5.97 Å². The molecule has 0 bridgehead atoms. The highest BCUT2D eigenvalue weighted by Crippen LogP contribution is 2.59. The predicted molar refractivity (Wildman–Crippen MR) is 73.6 cm³/mol. The van der Waals surface area contributed by atoms with Crippen molar-refractivity contribution in [1.82, 2.24) is 0 Å². The van der Waals surface area contributed by atoms with Gasteiger partial charge in [0.1, 0.15) is 11.7 Å². The van der Waals surface area contributed by atoms with Gasteiger partial charge in [-0.15, -0.1) is 0 Å². The van der Waals surface area contributed by atoms with Crippen LogP contribution in [0.2, 0.25) is 0 Å². The van der Waals surface area contributed by atoms with E-state index in [0.29, 0.717) is 18.9 Å². The minimum atomic E-state index is -0.536. The van der Waals surface area contributed by atoms with E-state index in [4.69, 9.17) is 4.74 Å². The molecular weight excluding hydrogens is 240 g/mol. The Morgan fingerprint density at radius 3 is 2.63 bits per heavy atom. The third-order valence-electron chi connectivity index (χ3n) is 5.46. The molecular formula is C16H26O3. The van der Waals surface area contributed by atoms with E-state index in [-0.39, 0.29) is 22.6 Å². The standard InChI is InChI=1S/C16H26O3/c1-5-19-14(18)13-11(17)7-8-12-15(2,3)9-6-10-16(12,13)4/h12-13H,5-10H2,1-4H3. The number of Topliss-reactive ketones (excluding diaryl/α,β-unsaturated/α-hetero) is 1. The van der Waals surface area contributed by atoms with Crippen molar-refractivity contribution in [3.05, 3.63) is 0 Å². The normalized spacial score (nSPS) is 37.6. The van der Waals surface area contributed by atoms with Gasteiger partial charge in [-0.25, -0.2) is 0 Å². The van der Waals surface area contributed by atoms with Crippen LogP contribution < -0.4 is 0 Å². The molecule has 3 nitrogen and oxygen atoms in total. The van der Waals surface area contributed by atoms with Crippen LogP contribution in [0.4, 0.5) is 0 Å². The minimum Gasteiger partial charge on any atom is -0.465 e. The average molecular weight is 266 g/mol. The second-order valence-corrected chi connectivity index (χ2v) is 7.09. The van der Waals surface area contributed by atoms with Crippen LogP contribution in [0.5, 0.6) is 0 Å². The third-order valence-corrected chi connectivity index (χ3v) is 5.46. The Morgan fingerprint density at radius 2 is 2.00 bits per heavy atom. The second kappa shape index (κ2) is 4.92. The highest BCUT2D eigenvalue weighted by Gasteiger charge is 2.57. The Bertz CT molecular complexity index is 385. The third kappa shape index (κ3) is 2.32. The number of ketones is 1. The molecule has 0 aromatic heterocycles. The van der Waals surface area contributed by atoms with Gasteiger partial charge in [0.2, 0.25) is 0 Å². The maximum Gasteiger partial charge on any atom is 0.317 e. The number of ether oxygens (including phenoxy) is 1. The molecule has 0 spiro atoms. The predicted octanol–water partition coefficient (Wildman–Crippen LogP) is 3.36. The van der Waals surface area contributed by atoms with Gasteiger partial charge in [-0.2, -0.15) is 0 Å². The molecule has 0 aromatic rings. The van der Waals surface area contributed by atoms with Crippen molar-refractivity contribution in [1.29, 1.82) is 0 Å². The topological polar surface area (TPSA) is 43.4 Å². The van der Waals surface area contributed by atoms with E-state index in [1.807, 2.05) is 0 Å². The van der Waals surface area contributed by atoms with Gasteiger partial charge in [-0.3, -0.25) is 9.59 Å². The van der Waals surface area contributed by atoms with Gasteiger partial charge in [-0.05, 0) is 42.9 Å². The Hall–Kier alpha value is -0.860. The van der Waals surface area contributed by atoms with Crippen LogP contribution in [-0.2, 0) is 14.3 Å². The molecule has 3 unspecified atom stereocenters. The zero-order valence-electron chi connectivity index (χ0n) is 12.6. The summed E-state index contributed by atoms with van der Waals surface area (Å²) >= 11 is 0. The maximum atomic E-state index is 12.3. The summed E-state index contributed by atoms with van der Waals surface area (Å²) < 4.78 is 5.17. The van der Waals surface area contributed by atoms with Crippen LogP contribution >= 0.6 is 0 Å². The second-order valence-electron chi connectivity index (χ2n) is 7.09. The SMILES string of the molecule is CCOC(=O)C1C(=O)CCC2C(C)(C)CCCC12C. The molecule has 2 saturated carbocycles. The molecule has 2 rings (SSSR count). The van der Waals surface area contributed by atoms with E-state index in [1.54, 1.807) is 6.92 Å². The average Bonchev–Trinajstić information content (AvgIpc) is 2.27. The van der Waals surface area contributed by atoms with Gasteiger partial charge in [-0.1, -0.05) is 27.2 Å². The van der Waals surface area contributed by atoms with Crippen LogP contribution in [0, 0.1) is 22.7 Å². The van der Waals surface area contributed by atoms with Gasteiger partial charge < -0.3 is 4.74 Å². The van der Waals surface area contributed by atoms with Crippen molar-refractivity contribution in [3.8, 4) is 0 Å². The Balaban J connectivity index is 2.35. The largest absolute Gasteiger partial charge is 0.465 e. The molecule has 0 saturated heterocycles. The summed E-state index contributed by atoms with van der Waals surface area (Å²) in [7, 11) is 0. The van der Waals surface area contributed by atoms with E-state index in [9.17, 15) is 9.59 Å². The lowest BCUT2D eigenvalue weighted by molar-refractivity contribution is -0.169. The van der Waals surface area contributed by atoms with E-state index in [0.717, 1.165) is 19.3 Å². The maximum absolute atomic E-state index is 12.3. The molecule has 0 amide bonds. The molecule has 2 aliphatic rings. The Morgan fingerprint density at radius 1 is 1.32 bits per heavy atom. The molecule has 0 aliphatic heterocycles. The van der Waals surface area contributed by atoms with Crippen molar-refractivity contribution in [2.24, 2.45) is 22.7 Å². The highest BCUT2D eigenvalue weighted by molar-refractivity contribution is 6.00. The van der Waals surface area contributed by atoms with E-state index in [1.165, 1.54) is 6.42 Å². The Kier molecular flexibility index (Phi) is 3.76. The Labute approximate surface area is 116 Å². The smallest absolute Gasteiger partial charge is 0.317 e. The van der Waals surface area contributed by atoms with Crippen LogP contribution in [0.15, 0.2) is 0 Å². The first-order chi connectivity index (χ1) is 8.83. The first-order valence-corrected chi connectivity index (χ1v) is 7.52. The van der Waals surface area contributed by atoms with Crippen molar-refractivity contribution in [2.75, 3.05) is 6.61 Å². The molecule has 2 fully saturated rings. The lowest BCUT2D eigenvalue weighted by Gasteiger charge is -2.55. The van der Waals surface area contributed by atoms with Crippen molar-refractivity contribution in [2.45, 2.75) is 59.8 Å². The summed E-state index contributed by atoms with van der Waals surface area (Å²) in [6, 6.07) is 0. The minimum absolute atomic E-state index is 0.0925. The molecule has 0 aromatic carbocycles. The van der Waals surface area contributed by atoms with Gasteiger partial charge in [0.15, 0.2) is 0 Å². The molecule has 3 atom stereocenters. The van der Waals surface area contributed by atoms with Crippen LogP contribution in [0.1, 0.15) is 59.8 Å². The first kappa shape index (κ1) is 14.5. The molecule has 0 N–H and O–H groups in total. The fraction of sp³-hybridized carbons (Fsp3) is 0.875. The van der Waals surface area contributed by atoms with Crippen LogP contribution in [-0.4, -0.2) is 18.4 Å². The van der Waals surface area contributed by atoms with Crippen molar-refractivity contribution >= 4 is 11.8 Å². The summed E-state index contributed by atoms with van der Waals surface area (Å²) in [6.45, 7) is 8.86. The zero-order chi connectivity index (χ0) is 14.3. The van der Waals surface area contributed by atoms with Gasteiger partial charge in [0.25, 0.3) is 0 Å². The molecule has 0 heterocycles. The van der Waals surface area contributed by atoms with E-state index in [2.05, 4.69) is 20.8 Å². The van der Waals surface area contributed by atoms with E-state index < -0.39 is 5.92 Å². The number of esters is 1. The fourth-order valence-electron chi connectivity index (χ4n) is 4.66. The number of hydrogen-bond donors (Lipinski definition) is 0. The number of hydrogen-bond acceptors (Lipinski definition) is 3. The molecule has 3 heteroatoms. The van der Waals surface area contributed by atoms with Gasteiger partial charge in [0, 0.05) is 6.42 Å². The summed E-state index contributed by atoms with van der Waals surface area (Å²) in [5.74, 6) is -0.293. The quantitative estimate of drug-likeness (QED) is 0.568. The lowest BCUT2D eigenvalue weighted by Crippen LogP contribution is -2.54. The summed E-state index contributed by atoms with van der Waals surface area (Å²) in [4.78, 5) is 24.5. The molecule has 108 valence electrons. The first-order valence-electron chi connectivity index (χ1n) is 7.52. The van der Waals surface area contributed by atoms with Crippen LogP contribution in [0.3, 0.4) is 0 Å². The van der Waals surface area contributed by atoms with Crippen molar-refractivity contribution < 1.29 is 14.3 Å². The van der Waals surface area contributed by atoms with Crippen LogP contribution in [0.25, 0.3) is 0 Å². The highest BCUT2D eigenvalue weighted by atomic mass is 16.5. The molecule has 2 aliphatic carbocycles. The lowest BCUT2D eigenvalue weighted by atomic mass is 9.48. The van der Waals surface area contributed by atoms with Gasteiger partial charge in [0.05, 0.1) is 6.61 Å². The molecule has 0 radical (unpaired) electrons. The zero-order valence-corrected chi connectivity index (χ0v) is 12.6. The summed E-state index contributed by atoms with van der Waals surface area (Å²) in [6.07, 6.45) is 4.72. The van der Waals surface area contributed by atoms with E-state index >= 15 is 0 Å². The number of carbonyl (C=O) groups excluding carboxylic acids is 2. The molecule has 19 heavy (non-hydrogen) atoms.